The van der Waals surface area contributed by atoms with Crippen LogP contribution < -0.4 is 4.90 Å². The van der Waals surface area contributed by atoms with E-state index in [2.05, 4.69) is 79.4 Å². The molecule has 0 aliphatic carbocycles. The molecule has 0 aliphatic heterocycles. The number of para-hydroxylation sites is 1. The fraction of sp³-hybridized carbons (Fsp3) is 0.222. The summed E-state index contributed by atoms with van der Waals surface area (Å²) >= 11 is 0. The SMILES string of the molecule is CCN(CC)c1ccccc1/C=C/c1ccccc1. The Kier molecular flexibility index (Phi) is 4.79. The number of benzene rings is 2. The van der Waals surface area contributed by atoms with Crippen molar-refractivity contribution in [1.29, 1.82) is 0 Å². The van der Waals surface area contributed by atoms with Gasteiger partial charge in [-0.1, -0.05) is 60.7 Å². The summed E-state index contributed by atoms with van der Waals surface area (Å²) in [6, 6.07) is 19.0. The topological polar surface area (TPSA) is 3.24 Å². The monoisotopic (exact) mass is 251 g/mol. The molecule has 19 heavy (non-hydrogen) atoms. The van der Waals surface area contributed by atoms with Crippen molar-refractivity contribution in [2.75, 3.05) is 18.0 Å². The van der Waals surface area contributed by atoms with Gasteiger partial charge < -0.3 is 4.90 Å². The summed E-state index contributed by atoms with van der Waals surface area (Å²) in [6.45, 7) is 6.46. The molecule has 0 saturated heterocycles. The molecule has 2 rings (SSSR count). The lowest BCUT2D eigenvalue weighted by Crippen LogP contribution is -2.22. The summed E-state index contributed by atoms with van der Waals surface area (Å²) in [5.41, 5.74) is 3.81. The van der Waals surface area contributed by atoms with Crippen molar-refractivity contribution in [1.82, 2.24) is 0 Å². The van der Waals surface area contributed by atoms with Gasteiger partial charge in [-0.25, -0.2) is 0 Å². The minimum Gasteiger partial charge on any atom is -0.372 e. The van der Waals surface area contributed by atoms with Crippen molar-refractivity contribution in [3.05, 3.63) is 65.7 Å². The van der Waals surface area contributed by atoms with Crippen LogP contribution in [0.15, 0.2) is 54.6 Å². The van der Waals surface area contributed by atoms with Crippen LogP contribution in [0.5, 0.6) is 0 Å². The van der Waals surface area contributed by atoms with Crippen LogP contribution in [-0.2, 0) is 0 Å². The first kappa shape index (κ1) is 13.4. The van der Waals surface area contributed by atoms with E-state index >= 15 is 0 Å². The van der Waals surface area contributed by atoms with E-state index in [9.17, 15) is 0 Å². The zero-order valence-corrected chi connectivity index (χ0v) is 11.7. The molecule has 1 heteroatoms. The molecule has 2 aromatic carbocycles. The first-order chi connectivity index (χ1) is 9.35. The van der Waals surface area contributed by atoms with Gasteiger partial charge in [0.1, 0.15) is 0 Å². The minimum atomic E-state index is 1.03. The lowest BCUT2D eigenvalue weighted by Gasteiger charge is -2.23. The molecule has 0 bridgehead atoms. The van der Waals surface area contributed by atoms with Gasteiger partial charge in [0.15, 0.2) is 0 Å². The van der Waals surface area contributed by atoms with E-state index in [0.29, 0.717) is 0 Å². The Bertz CT molecular complexity index is 524. The van der Waals surface area contributed by atoms with Crippen LogP contribution in [0.25, 0.3) is 12.2 Å². The highest BCUT2D eigenvalue weighted by molar-refractivity contribution is 5.77. The Balaban J connectivity index is 2.28. The zero-order chi connectivity index (χ0) is 13.5. The Morgan fingerprint density at radius 1 is 0.789 bits per heavy atom. The number of hydrogen-bond donors (Lipinski definition) is 0. The van der Waals surface area contributed by atoms with E-state index in [-0.39, 0.29) is 0 Å². The first-order valence-electron chi connectivity index (χ1n) is 6.92. The van der Waals surface area contributed by atoms with E-state index in [4.69, 9.17) is 0 Å². The fourth-order valence-electron chi connectivity index (χ4n) is 2.23. The molecule has 0 saturated carbocycles. The maximum atomic E-state index is 2.38. The average Bonchev–Trinajstić information content (AvgIpc) is 2.48. The Morgan fingerprint density at radius 2 is 1.42 bits per heavy atom. The molecule has 0 N–H and O–H groups in total. The predicted molar refractivity (Wildman–Crippen MR) is 85.4 cm³/mol. The normalized spacial score (nSPS) is 10.8. The molecule has 0 unspecified atom stereocenters. The number of nitrogens with zero attached hydrogens (tertiary/aromatic N) is 1. The summed E-state index contributed by atoms with van der Waals surface area (Å²) in [5.74, 6) is 0. The minimum absolute atomic E-state index is 1.03. The highest BCUT2D eigenvalue weighted by atomic mass is 15.1. The molecule has 0 heterocycles. The van der Waals surface area contributed by atoms with Crippen LogP contribution in [0.3, 0.4) is 0 Å². The highest BCUT2D eigenvalue weighted by Crippen LogP contribution is 2.22. The molecule has 0 radical (unpaired) electrons. The smallest absolute Gasteiger partial charge is 0.0439 e. The number of rotatable bonds is 5. The average molecular weight is 251 g/mol. The standard InChI is InChI=1S/C18H21N/c1-3-19(4-2)18-13-9-8-12-17(18)15-14-16-10-6-5-7-11-16/h5-15H,3-4H2,1-2H3/b15-14+. The van der Waals surface area contributed by atoms with E-state index in [1.165, 1.54) is 16.8 Å². The zero-order valence-electron chi connectivity index (χ0n) is 11.7. The van der Waals surface area contributed by atoms with E-state index in [0.717, 1.165) is 13.1 Å². The molecule has 0 spiro atoms. The van der Waals surface area contributed by atoms with E-state index in [1.807, 2.05) is 6.07 Å². The van der Waals surface area contributed by atoms with E-state index in [1.54, 1.807) is 0 Å². The van der Waals surface area contributed by atoms with Gasteiger partial charge in [-0.2, -0.15) is 0 Å². The van der Waals surface area contributed by atoms with Gasteiger partial charge in [-0.3, -0.25) is 0 Å². The third kappa shape index (κ3) is 3.47. The molecular weight excluding hydrogens is 230 g/mol. The van der Waals surface area contributed by atoms with Crippen LogP contribution in [0.1, 0.15) is 25.0 Å². The van der Waals surface area contributed by atoms with Crippen LogP contribution in [-0.4, -0.2) is 13.1 Å². The van der Waals surface area contributed by atoms with Crippen molar-refractivity contribution in [3.63, 3.8) is 0 Å². The molecule has 0 fully saturated rings. The summed E-state index contributed by atoms with van der Waals surface area (Å²) in [5, 5.41) is 0. The summed E-state index contributed by atoms with van der Waals surface area (Å²) in [7, 11) is 0. The van der Waals surface area contributed by atoms with Crippen LogP contribution in [0.4, 0.5) is 5.69 Å². The van der Waals surface area contributed by atoms with Gasteiger partial charge in [-0.05, 0) is 31.0 Å². The molecule has 0 atom stereocenters. The van der Waals surface area contributed by atoms with Crippen LogP contribution >= 0.6 is 0 Å². The molecule has 1 nitrogen and oxygen atoms in total. The van der Waals surface area contributed by atoms with Crippen LogP contribution in [0, 0.1) is 0 Å². The van der Waals surface area contributed by atoms with Gasteiger partial charge in [0, 0.05) is 18.8 Å². The molecule has 2 aromatic rings. The van der Waals surface area contributed by atoms with Crippen molar-refractivity contribution in [2.24, 2.45) is 0 Å². The summed E-state index contributed by atoms with van der Waals surface area (Å²) in [4.78, 5) is 2.38. The largest absolute Gasteiger partial charge is 0.372 e. The molecule has 0 amide bonds. The third-order valence-electron chi connectivity index (χ3n) is 3.30. The van der Waals surface area contributed by atoms with Gasteiger partial charge >= 0.3 is 0 Å². The molecule has 0 aliphatic rings. The second-order valence-corrected chi connectivity index (χ2v) is 4.48. The Hall–Kier alpha value is -2.02. The molecular formula is C18H21N. The van der Waals surface area contributed by atoms with Crippen molar-refractivity contribution in [2.45, 2.75) is 13.8 Å². The third-order valence-corrected chi connectivity index (χ3v) is 3.30. The maximum Gasteiger partial charge on any atom is 0.0439 e. The lowest BCUT2D eigenvalue weighted by atomic mass is 10.1. The van der Waals surface area contributed by atoms with Gasteiger partial charge in [0.2, 0.25) is 0 Å². The maximum absolute atomic E-state index is 2.38. The van der Waals surface area contributed by atoms with Crippen molar-refractivity contribution >= 4 is 17.8 Å². The first-order valence-corrected chi connectivity index (χ1v) is 6.92. The predicted octanol–water partition coefficient (Wildman–Crippen LogP) is 4.70. The quantitative estimate of drug-likeness (QED) is 0.696. The highest BCUT2D eigenvalue weighted by Gasteiger charge is 2.04. The number of anilines is 1. The fourth-order valence-corrected chi connectivity index (χ4v) is 2.23. The molecule has 98 valence electrons. The summed E-state index contributed by atoms with van der Waals surface area (Å²) in [6.07, 6.45) is 4.37. The van der Waals surface area contributed by atoms with Gasteiger partial charge in [0.25, 0.3) is 0 Å². The van der Waals surface area contributed by atoms with Gasteiger partial charge in [-0.15, -0.1) is 0 Å². The van der Waals surface area contributed by atoms with Crippen molar-refractivity contribution in [3.8, 4) is 0 Å². The summed E-state index contributed by atoms with van der Waals surface area (Å²) < 4.78 is 0. The number of hydrogen-bond acceptors (Lipinski definition) is 1. The second-order valence-electron chi connectivity index (χ2n) is 4.48. The lowest BCUT2D eigenvalue weighted by molar-refractivity contribution is 0.865. The van der Waals surface area contributed by atoms with E-state index < -0.39 is 0 Å². The molecule has 0 aromatic heterocycles. The Morgan fingerprint density at radius 3 is 2.11 bits per heavy atom. The second kappa shape index (κ2) is 6.79. The van der Waals surface area contributed by atoms with Crippen molar-refractivity contribution < 1.29 is 0 Å². The van der Waals surface area contributed by atoms with Crippen LogP contribution in [0.2, 0.25) is 0 Å². The Labute approximate surface area is 116 Å². The van der Waals surface area contributed by atoms with Gasteiger partial charge in [0.05, 0.1) is 0 Å².